The second-order valence-corrected chi connectivity index (χ2v) is 9.89. The van der Waals surface area contributed by atoms with Crippen molar-refractivity contribution in [1.29, 1.82) is 0 Å². The van der Waals surface area contributed by atoms with Gasteiger partial charge in [-0.25, -0.2) is 9.97 Å². The van der Waals surface area contributed by atoms with E-state index in [1.54, 1.807) is 0 Å². The van der Waals surface area contributed by atoms with Crippen molar-refractivity contribution in [2.24, 2.45) is 11.8 Å². The van der Waals surface area contributed by atoms with Crippen LogP contribution in [0, 0.1) is 18.8 Å². The average Bonchev–Trinajstić information content (AvgIpc) is 3.34. The molecular weight excluding hydrogens is 394 g/mol. The van der Waals surface area contributed by atoms with Crippen molar-refractivity contribution in [3.05, 3.63) is 48.4 Å². The van der Waals surface area contributed by atoms with Crippen LogP contribution in [0.4, 0.5) is 5.82 Å². The molecule has 5 rings (SSSR count). The van der Waals surface area contributed by atoms with Gasteiger partial charge in [0.1, 0.15) is 0 Å². The average molecular weight is 432 g/mol. The van der Waals surface area contributed by atoms with Crippen molar-refractivity contribution in [1.82, 2.24) is 19.7 Å². The summed E-state index contributed by atoms with van der Waals surface area (Å²) in [5.74, 6) is 2.80. The number of hydrogen-bond acceptors (Lipinski definition) is 4. The Morgan fingerprint density at radius 3 is 2.59 bits per heavy atom. The Hall–Kier alpha value is -2.40. The lowest BCUT2D eigenvalue weighted by atomic mass is 9.79. The first-order valence-electron chi connectivity index (χ1n) is 12.6. The molecule has 1 aromatic carbocycles. The minimum Gasteiger partial charge on any atom is -0.364 e. The van der Waals surface area contributed by atoms with Crippen molar-refractivity contribution in [3.63, 3.8) is 0 Å². The normalized spacial score (nSPS) is 23.4. The minimum atomic E-state index is 0.486. The van der Waals surface area contributed by atoms with Gasteiger partial charge in [0.2, 0.25) is 0 Å². The molecule has 1 saturated heterocycles. The van der Waals surface area contributed by atoms with Gasteiger partial charge in [-0.2, -0.15) is 0 Å². The van der Waals surface area contributed by atoms with Crippen LogP contribution in [0.5, 0.6) is 0 Å². The quantitative estimate of drug-likeness (QED) is 0.544. The summed E-state index contributed by atoms with van der Waals surface area (Å²) in [6.45, 7) is 4.57. The number of rotatable bonds is 4. The molecule has 1 aliphatic carbocycles. The van der Waals surface area contributed by atoms with Gasteiger partial charge in [-0.05, 0) is 63.6 Å². The highest BCUT2D eigenvalue weighted by Crippen LogP contribution is 2.33. The van der Waals surface area contributed by atoms with Gasteiger partial charge >= 0.3 is 0 Å². The zero-order valence-electron chi connectivity index (χ0n) is 19.4. The van der Waals surface area contributed by atoms with Gasteiger partial charge in [-0.1, -0.05) is 55.9 Å². The molecule has 5 nitrogen and oxygen atoms in total. The van der Waals surface area contributed by atoms with Gasteiger partial charge in [-0.15, -0.1) is 0 Å². The summed E-state index contributed by atoms with van der Waals surface area (Å²) in [5.41, 5.74) is 4.45. The van der Waals surface area contributed by atoms with Crippen LogP contribution in [0.1, 0.15) is 63.4 Å². The van der Waals surface area contributed by atoms with Gasteiger partial charge in [0.05, 0.1) is 11.9 Å². The van der Waals surface area contributed by atoms with E-state index < -0.39 is 0 Å². The molecular formula is C27H37N5. The Kier molecular flexibility index (Phi) is 6.72. The first-order valence-corrected chi connectivity index (χ1v) is 12.6. The number of piperidine rings is 1. The number of benzene rings is 1. The number of aryl methyl sites for hydroxylation is 1. The lowest BCUT2D eigenvalue weighted by molar-refractivity contribution is 0.228. The van der Waals surface area contributed by atoms with E-state index in [-0.39, 0.29) is 0 Å². The molecule has 2 unspecified atom stereocenters. The van der Waals surface area contributed by atoms with Crippen LogP contribution in [0.25, 0.3) is 16.9 Å². The fraction of sp³-hybridized carbons (Fsp3) is 0.556. The van der Waals surface area contributed by atoms with Gasteiger partial charge in [0.25, 0.3) is 0 Å². The zero-order chi connectivity index (χ0) is 21.8. The summed E-state index contributed by atoms with van der Waals surface area (Å²) in [4.78, 5) is 9.50. The molecule has 2 fully saturated rings. The van der Waals surface area contributed by atoms with E-state index in [1.165, 1.54) is 82.0 Å². The molecule has 0 bridgehead atoms. The summed E-state index contributed by atoms with van der Waals surface area (Å²) in [7, 11) is 0. The molecule has 2 N–H and O–H groups in total. The fourth-order valence-corrected chi connectivity index (χ4v) is 5.88. The third-order valence-corrected chi connectivity index (χ3v) is 7.64. The third kappa shape index (κ3) is 4.83. The topological polar surface area (TPSA) is 54.2 Å². The molecule has 1 saturated carbocycles. The van der Waals surface area contributed by atoms with Crippen molar-refractivity contribution >= 4 is 11.5 Å². The Morgan fingerprint density at radius 1 is 0.938 bits per heavy atom. The lowest BCUT2D eigenvalue weighted by Crippen LogP contribution is -2.31. The highest BCUT2D eigenvalue weighted by Gasteiger charge is 2.25. The van der Waals surface area contributed by atoms with Gasteiger partial charge in [0, 0.05) is 24.0 Å². The Morgan fingerprint density at radius 2 is 1.72 bits per heavy atom. The summed E-state index contributed by atoms with van der Waals surface area (Å²) in [6, 6.07) is 9.08. The van der Waals surface area contributed by atoms with E-state index in [0.29, 0.717) is 6.04 Å². The van der Waals surface area contributed by atoms with E-state index >= 15 is 0 Å². The molecule has 5 heteroatoms. The van der Waals surface area contributed by atoms with Gasteiger partial charge in [0.15, 0.2) is 11.5 Å². The number of fused-ring (bicyclic) bond motifs is 1. The summed E-state index contributed by atoms with van der Waals surface area (Å²) >= 11 is 0. The molecule has 32 heavy (non-hydrogen) atoms. The first kappa shape index (κ1) is 21.4. The summed E-state index contributed by atoms with van der Waals surface area (Å²) in [6.07, 6.45) is 17.9. The fourth-order valence-electron chi connectivity index (χ4n) is 5.88. The number of hydrogen-bond donors (Lipinski definition) is 2. The van der Waals surface area contributed by atoms with Crippen LogP contribution in [-0.4, -0.2) is 33.5 Å². The molecule has 170 valence electrons. The Labute approximate surface area is 192 Å². The van der Waals surface area contributed by atoms with E-state index in [4.69, 9.17) is 4.98 Å². The molecule has 2 atom stereocenters. The minimum absolute atomic E-state index is 0.486. The Balaban J connectivity index is 1.29. The SMILES string of the molecule is Cc1cccc(-c2cnc(NC3CCCCC(C4CCNCC4)CCC3)c3nccn23)c1. The smallest absolute Gasteiger partial charge is 0.180 e. The van der Waals surface area contributed by atoms with Crippen molar-refractivity contribution in [2.45, 2.75) is 70.8 Å². The second kappa shape index (κ2) is 10.0. The number of nitrogens with zero attached hydrogens (tertiary/aromatic N) is 3. The number of imidazole rings is 1. The zero-order valence-corrected chi connectivity index (χ0v) is 19.4. The molecule has 3 aromatic rings. The highest BCUT2D eigenvalue weighted by molar-refractivity contribution is 5.70. The molecule has 3 heterocycles. The maximum atomic E-state index is 4.84. The molecule has 0 spiro atoms. The second-order valence-electron chi connectivity index (χ2n) is 9.89. The number of anilines is 1. The third-order valence-electron chi connectivity index (χ3n) is 7.64. The maximum absolute atomic E-state index is 4.84. The first-order chi connectivity index (χ1) is 15.8. The molecule has 1 aliphatic heterocycles. The van der Waals surface area contributed by atoms with Crippen LogP contribution in [-0.2, 0) is 0 Å². The van der Waals surface area contributed by atoms with Crippen LogP contribution >= 0.6 is 0 Å². The Bertz CT molecular complexity index is 1020. The molecule has 2 aromatic heterocycles. The largest absolute Gasteiger partial charge is 0.364 e. The van der Waals surface area contributed by atoms with Gasteiger partial charge < -0.3 is 10.6 Å². The molecule has 0 radical (unpaired) electrons. The van der Waals surface area contributed by atoms with Crippen molar-refractivity contribution in [3.8, 4) is 11.3 Å². The van der Waals surface area contributed by atoms with E-state index in [9.17, 15) is 0 Å². The number of nitrogens with one attached hydrogen (secondary N) is 2. The van der Waals surface area contributed by atoms with Crippen LogP contribution < -0.4 is 10.6 Å². The van der Waals surface area contributed by atoms with E-state index in [0.717, 1.165) is 29.0 Å². The van der Waals surface area contributed by atoms with Crippen LogP contribution in [0.2, 0.25) is 0 Å². The van der Waals surface area contributed by atoms with Gasteiger partial charge in [-0.3, -0.25) is 4.40 Å². The van der Waals surface area contributed by atoms with Crippen molar-refractivity contribution < 1.29 is 0 Å². The van der Waals surface area contributed by atoms with Crippen LogP contribution in [0.15, 0.2) is 42.9 Å². The van der Waals surface area contributed by atoms with E-state index in [1.807, 2.05) is 18.6 Å². The summed E-state index contributed by atoms with van der Waals surface area (Å²) in [5, 5.41) is 7.32. The monoisotopic (exact) mass is 431 g/mol. The van der Waals surface area contributed by atoms with Crippen LogP contribution in [0.3, 0.4) is 0 Å². The standard InChI is InChI=1S/C27H37N5/c1-20-6-4-9-23(18-20)25-19-30-26(27-29-16-17-32(25)27)31-24-10-3-2-7-21(8-5-11-24)22-12-14-28-15-13-22/h4,6,9,16-19,21-22,24,28H,2-3,5,7-8,10-15H2,1H3,(H,30,31). The van der Waals surface area contributed by atoms with E-state index in [2.05, 4.69) is 51.2 Å². The molecule has 0 amide bonds. The highest BCUT2D eigenvalue weighted by atomic mass is 15.1. The number of aromatic nitrogens is 3. The van der Waals surface area contributed by atoms with Crippen molar-refractivity contribution in [2.75, 3.05) is 18.4 Å². The lowest BCUT2D eigenvalue weighted by Gasteiger charge is -2.30. The predicted molar refractivity (Wildman–Crippen MR) is 132 cm³/mol. The summed E-state index contributed by atoms with van der Waals surface area (Å²) < 4.78 is 2.17. The molecule has 2 aliphatic rings. The predicted octanol–water partition coefficient (Wildman–Crippen LogP) is 5.85. The maximum Gasteiger partial charge on any atom is 0.180 e.